The van der Waals surface area contributed by atoms with Crippen molar-refractivity contribution < 1.29 is 24.2 Å². The predicted molar refractivity (Wildman–Crippen MR) is 211 cm³/mol. The maximum atomic E-state index is 14.3. The number of likely N-dealkylation sites (tertiary alicyclic amines) is 1. The van der Waals surface area contributed by atoms with Gasteiger partial charge in [-0.15, -0.1) is 5.10 Å². The molecule has 2 aliphatic rings. The Morgan fingerprint density at radius 1 is 0.964 bits per heavy atom. The van der Waals surface area contributed by atoms with Crippen LogP contribution >= 0.6 is 0 Å². The molecular weight excluding hydrogens is 715 g/mol. The molecule has 2 aromatic heterocycles. The molecule has 0 saturated carbocycles. The first kappa shape index (κ1) is 38.3. The summed E-state index contributed by atoms with van der Waals surface area (Å²) in [7, 11) is 0. The zero-order valence-electron chi connectivity index (χ0n) is 31.0. The van der Waals surface area contributed by atoms with Gasteiger partial charge < -0.3 is 25.4 Å². The fourth-order valence-electron chi connectivity index (χ4n) is 7.17. The van der Waals surface area contributed by atoms with Gasteiger partial charge >= 0.3 is 0 Å². The standard InChI is InChI=1S/C41H45N9O6/c1-2-37(51)44-33-11-7-6-10-31(33)35-26-50(46-45-35)36(24-29-8-4-3-5-9-29)40(54)48-18-15-41(55,16-19-48)27-49-28-42-34-25-30(12-13-32(34)39(49)53)43-38(52)14-17-47-20-22-56-23-21-47/h2-13,25-26,28,36,55H,1,14-24,27H2,(H,43,52)(H,44,51). The topological polar surface area (TPSA) is 177 Å². The number of amides is 3. The molecule has 290 valence electrons. The van der Waals surface area contributed by atoms with Gasteiger partial charge in [-0.2, -0.15) is 0 Å². The number of aromatic nitrogens is 5. The number of nitrogens with one attached hydrogen (secondary N) is 2. The molecule has 3 N–H and O–H groups in total. The molecule has 15 heteroatoms. The van der Waals surface area contributed by atoms with E-state index in [1.54, 1.807) is 46.1 Å². The van der Waals surface area contributed by atoms with Crippen LogP contribution in [-0.2, 0) is 32.1 Å². The van der Waals surface area contributed by atoms with Gasteiger partial charge in [-0.1, -0.05) is 60.3 Å². The van der Waals surface area contributed by atoms with E-state index in [9.17, 15) is 24.3 Å². The summed E-state index contributed by atoms with van der Waals surface area (Å²) in [4.78, 5) is 60.9. The van der Waals surface area contributed by atoms with Crippen LogP contribution in [-0.4, -0.2) is 109 Å². The van der Waals surface area contributed by atoms with E-state index in [1.165, 1.54) is 17.0 Å². The number of fused-ring (bicyclic) bond motifs is 1. The molecule has 2 aliphatic heterocycles. The Hall–Kier alpha value is -6.03. The molecular formula is C41H45N9O6. The highest BCUT2D eigenvalue weighted by Gasteiger charge is 2.37. The van der Waals surface area contributed by atoms with Crippen molar-refractivity contribution in [2.24, 2.45) is 0 Å². The van der Waals surface area contributed by atoms with Gasteiger partial charge in [0, 0.05) is 56.8 Å². The Bertz CT molecular complexity index is 2260. The molecule has 5 aromatic rings. The number of benzene rings is 3. The number of carbonyl (C=O) groups is 3. The molecule has 3 amide bonds. The molecule has 2 fully saturated rings. The number of hydrogen-bond acceptors (Lipinski definition) is 10. The van der Waals surface area contributed by atoms with Gasteiger partial charge in [0.1, 0.15) is 11.7 Å². The van der Waals surface area contributed by atoms with Crippen LogP contribution < -0.4 is 16.2 Å². The van der Waals surface area contributed by atoms with Gasteiger partial charge in [-0.05, 0) is 48.7 Å². The Morgan fingerprint density at radius 2 is 1.71 bits per heavy atom. The molecule has 2 saturated heterocycles. The summed E-state index contributed by atoms with van der Waals surface area (Å²) >= 11 is 0. The SMILES string of the molecule is C=CC(=O)Nc1ccccc1-c1cn(C(Cc2ccccc2)C(=O)N2CCC(O)(Cn3cnc4cc(NC(=O)CCN5CCOCC5)ccc4c3=O)CC2)nn1. The number of rotatable bonds is 13. The number of carbonyl (C=O) groups excluding carboxylic acids is 3. The monoisotopic (exact) mass is 759 g/mol. The van der Waals surface area contributed by atoms with E-state index >= 15 is 0 Å². The molecule has 4 heterocycles. The summed E-state index contributed by atoms with van der Waals surface area (Å²) in [6, 6.07) is 21.1. The summed E-state index contributed by atoms with van der Waals surface area (Å²) in [5.74, 6) is -0.653. The van der Waals surface area contributed by atoms with Crippen LogP contribution in [0.2, 0.25) is 0 Å². The highest BCUT2D eigenvalue weighted by Crippen LogP contribution is 2.30. The molecule has 0 bridgehead atoms. The van der Waals surface area contributed by atoms with E-state index < -0.39 is 11.6 Å². The van der Waals surface area contributed by atoms with Crippen LogP contribution in [0.1, 0.15) is 30.9 Å². The van der Waals surface area contributed by atoms with Crippen molar-refractivity contribution in [1.82, 2.24) is 34.3 Å². The smallest absolute Gasteiger partial charge is 0.261 e. The van der Waals surface area contributed by atoms with Crippen molar-refractivity contribution in [3.63, 3.8) is 0 Å². The summed E-state index contributed by atoms with van der Waals surface area (Å²) in [5.41, 5.74) is 2.05. The fraction of sp³-hybridized carbons (Fsp3) is 0.341. The molecule has 56 heavy (non-hydrogen) atoms. The van der Waals surface area contributed by atoms with Crippen LogP contribution in [0, 0.1) is 0 Å². The third-order valence-corrected chi connectivity index (χ3v) is 10.4. The maximum absolute atomic E-state index is 14.3. The summed E-state index contributed by atoms with van der Waals surface area (Å²) < 4.78 is 8.33. The predicted octanol–water partition coefficient (Wildman–Crippen LogP) is 3.28. The first-order chi connectivity index (χ1) is 27.2. The van der Waals surface area contributed by atoms with Gasteiger partial charge in [0.05, 0.1) is 54.5 Å². The van der Waals surface area contributed by atoms with Crippen molar-refractivity contribution in [3.05, 3.63) is 114 Å². The number of piperidine rings is 1. The van der Waals surface area contributed by atoms with E-state index in [-0.39, 0.29) is 55.8 Å². The highest BCUT2D eigenvalue weighted by atomic mass is 16.5. The second kappa shape index (κ2) is 17.2. The Labute approximate surface area is 323 Å². The lowest BCUT2D eigenvalue weighted by atomic mass is 9.90. The Morgan fingerprint density at radius 3 is 2.48 bits per heavy atom. The van der Waals surface area contributed by atoms with Crippen molar-refractivity contribution in [3.8, 4) is 11.3 Å². The summed E-state index contributed by atoms with van der Waals surface area (Å²) in [6.45, 7) is 7.68. The number of para-hydroxylation sites is 1. The van der Waals surface area contributed by atoms with E-state index in [1.807, 2.05) is 42.5 Å². The van der Waals surface area contributed by atoms with Gasteiger partial charge in [-0.3, -0.25) is 28.6 Å². The van der Waals surface area contributed by atoms with Crippen molar-refractivity contribution >= 4 is 40.0 Å². The van der Waals surface area contributed by atoms with Crippen molar-refractivity contribution in [2.75, 3.05) is 56.6 Å². The maximum Gasteiger partial charge on any atom is 0.261 e. The molecule has 0 radical (unpaired) electrons. The second-order valence-corrected chi connectivity index (χ2v) is 14.2. The van der Waals surface area contributed by atoms with Crippen LogP contribution in [0.3, 0.4) is 0 Å². The third-order valence-electron chi connectivity index (χ3n) is 10.4. The van der Waals surface area contributed by atoms with E-state index in [0.717, 1.165) is 18.7 Å². The minimum Gasteiger partial charge on any atom is -0.388 e. The number of nitrogens with zero attached hydrogens (tertiary/aromatic N) is 7. The van der Waals surface area contributed by atoms with Gasteiger partial charge in [0.2, 0.25) is 17.7 Å². The first-order valence-electron chi connectivity index (χ1n) is 18.8. The van der Waals surface area contributed by atoms with Gasteiger partial charge in [0.25, 0.3) is 5.56 Å². The second-order valence-electron chi connectivity index (χ2n) is 14.2. The molecule has 1 unspecified atom stereocenters. The van der Waals surface area contributed by atoms with Crippen LogP contribution in [0.25, 0.3) is 22.2 Å². The van der Waals surface area contributed by atoms with Crippen molar-refractivity contribution in [2.45, 2.75) is 43.9 Å². The normalized spacial score (nSPS) is 16.3. The van der Waals surface area contributed by atoms with E-state index in [0.29, 0.717) is 66.1 Å². The number of hydrogen-bond donors (Lipinski definition) is 3. The zero-order chi connectivity index (χ0) is 39.1. The Kier molecular flexibility index (Phi) is 11.7. The fourth-order valence-corrected chi connectivity index (χ4v) is 7.17. The lowest BCUT2D eigenvalue weighted by molar-refractivity contribution is -0.139. The minimum atomic E-state index is -1.25. The zero-order valence-corrected chi connectivity index (χ0v) is 31.0. The van der Waals surface area contributed by atoms with Crippen LogP contribution in [0.4, 0.5) is 11.4 Å². The average molecular weight is 760 g/mol. The molecule has 1 atom stereocenters. The van der Waals surface area contributed by atoms with Crippen LogP contribution in [0.5, 0.6) is 0 Å². The van der Waals surface area contributed by atoms with Gasteiger partial charge in [-0.25, -0.2) is 9.67 Å². The largest absolute Gasteiger partial charge is 0.388 e. The molecule has 3 aromatic carbocycles. The van der Waals surface area contributed by atoms with Crippen molar-refractivity contribution in [1.29, 1.82) is 0 Å². The summed E-state index contributed by atoms with van der Waals surface area (Å²) in [5, 5.41) is 26.5. The van der Waals surface area contributed by atoms with Gasteiger partial charge in [0.15, 0.2) is 0 Å². The molecule has 0 aliphatic carbocycles. The number of aliphatic hydroxyl groups is 1. The first-order valence-corrected chi connectivity index (χ1v) is 18.8. The quantitative estimate of drug-likeness (QED) is 0.151. The summed E-state index contributed by atoms with van der Waals surface area (Å²) in [6.07, 6.45) is 5.50. The number of morpholine rings is 1. The molecule has 15 nitrogen and oxygen atoms in total. The third kappa shape index (κ3) is 9.08. The Balaban J connectivity index is 1.01. The number of anilines is 2. The molecule has 7 rings (SSSR count). The van der Waals surface area contributed by atoms with E-state index in [2.05, 4.69) is 37.4 Å². The average Bonchev–Trinajstić information content (AvgIpc) is 3.71. The lowest BCUT2D eigenvalue weighted by Crippen LogP contribution is -2.51. The highest BCUT2D eigenvalue weighted by molar-refractivity contribution is 6.01. The lowest BCUT2D eigenvalue weighted by Gasteiger charge is -2.39. The van der Waals surface area contributed by atoms with Crippen LogP contribution in [0.15, 0.2) is 103 Å². The van der Waals surface area contributed by atoms with E-state index in [4.69, 9.17) is 4.74 Å². The number of ether oxygens (including phenoxy) is 1. The molecule has 0 spiro atoms. The minimum absolute atomic E-state index is 0.0124.